The van der Waals surface area contributed by atoms with Gasteiger partial charge in [0.05, 0.1) is 0 Å². The van der Waals surface area contributed by atoms with Crippen LogP contribution >= 0.6 is 0 Å². The van der Waals surface area contributed by atoms with Gasteiger partial charge in [-0.05, 0) is 66.3 Å². The molecule has 2 rings (SSSR count). The zero-order valence-electron chi connectivity index (χ0n) is 12.1. The number of anilines is 1. The molecule has 0 aromatic heterocycles. The standard InChI is InChI=1S/C17H21FN2O/c1-11(19)8-14-9-13(3-5-17(14)18)16-10-15(20)4-2-12(16)6-7-21/h2-5,9-11,21H,6-8,19-20H2,1H3. The Labute approximate surface area is 124 Å². The second-order valence-corrected chi connectivity index (χ2v) is 5.38. The molecule has 2 aromatic carbocycles. The van der Waals surface area contributed by atoms with Crippen LogP contribution in [0.15, 0.2) is 36.4 Å². The summed E-state index contributed by atoms with van der Waals surface area (Å²) in [4.78, 5) is 0. The Morgan fingerprint density at radius 3 is 2.57 bits per heavy atom. The van der Waals surface area contributed by atoms with Crippen LogP contribution in [-0.4, -0.2) is 17.8 Å². The predicted molar refractivity (Wildman–Crippen MR) is 84.4 cm³/mol. The highest BCUT2D eigenvalue weighted by Crippen LogP contribution is 2.28. The van der Waals surface area contributed by atoms with E-state index in [1.807, 2.05) is 25.1 Å². The molecule has 0 saturated heterocycles. The highest BCUT2D eigenvalue weighted by atomic mass is 19.1. The van der Waals surface area contributed by atoms with E-state index < -0.39 is 0 Å². The maximum absolute atomic E-state index is 13.9. The van der Waals surface area contributed by atoms with Crippen LogP contribution in [0.4, 0.5) is 10.1 Å². The van der Waals surface area contributed by atoms with Gasteiger partial charge in [0.15, 0.2) is 0 Å². The van der Waals surface area contributed by atoms with Gasteiger partial charge in [0.2, 0.25) is 0 Å². The van der Waals surface area contributed by atoms with Crippen LogP contribution in [0.5, 0.6) is 0 Å². The molecule has 0 saturated carbocycles. The van der Waals surface area contributed by atoms with E-state index in [0.717, 1.165) is 16.7 Å². The number of hydrogen-bond donors (Lipinski definition) is 3. The predicted octanol–water partition coefficient (Wildman–Crippen LogP) is 2.50. The molecule has 5 N–H and O–H groups in total. The van der Waals surface area contributed by atoms with Crippen LogP contribution in [0.25, 0.3) is 11.1 Å². The number of hydrogen-bond acceptors (Lipinski definition) is 3. The third-order valence-corrected chi connectivity index (χ3v) is 3.41. The van der Waals surface area contributed by atoms with Crippen molar-refractivity contribution in [2.75, 3.05) is 12.3 Å². The summed E-state index contributed by atoms with van der Waals surface area (Å²) >= 11 is 0. The smallest absolute Gasteiger partial charge is 0.126 e. The quantitative estimate of drug-likeness (QED) is 0.740. The fourth-order valence-electron chi connectivity index (χ4n) is 2.45. The Morgan fingerprint density at radius 2 is 1.90 bits per heavy atom. The molecule has 0 aliphatic carbocycles. The van der Waals surface area contributed by atoms with Crippen LogP contribution in [0.3, 0.4) is 0 Å². The van der Waals surface area contributed by atoms with Crippen LogP contribution in [0.2, 0.25) is 0 Å². The lowest BCUT2D eigenvalue weighted by atomic mass is 9.94. The Bertz CT molecular complexity index is 626. The summed E-state index contributed by atoms with van der Waals surface area (Å²) in [5, 5.41) is 9.17. The van der Waals surface area contributed by atoms with E-state index in [1.54, 1.807) is 12.1 Å². The molecule has 0 radical (unpaired) electrons. The minimum atomic E-state index is -0.247. The lowest BCUT2D eigenvalue weighted by Crippen LogP contribution is -2.18. The van der Waals surface area contributed by atoms with Crippen molar-refractivity contribution in [1.82, 2.24) is 0 Å². The van der Waals surface area contributed by atoms with Crippen LogP contribution < -0.4 is 11.5 Å². The molecular formula is C17H21FN2O. The van der Waals surface area contributed by atoms with Crippen molar-refractivity contribution >= 4 is 5.69 Å². The molecule has 4 heteroatoms. The van der Waals surface area contributed by atoms with Gasteiger partial charge < -0.3 is 16.6 Å². The molecule has 2 aromatic rings. The maximum atomic E-state index is 13.9. The Balaban J connectivity index is 2.48. The molecule has 0 spiro atoms. The SMILES string of the molecule is CC(N)Cc1cc(-c2cc(N)ccc2CCO)ccc1F. The van der Waals surface area contributed by atoms with E-state index in [2.05, 4.69) is 0 Å². The number of rotatable bonds is 5. The van der Waals surface area contributed by atoms with Crippen molar-refractivity contribution in [3.05, 3.63) is 53.3 Å². The van der Waals surface area contributed by atoms with Gasteiger partial charge in [0.25, 0.3) is 0 Å². The molecule has 112 valence electrons. The van der Waals surface area contributed by atoms with Crippen LogP contribution in [0, 0.1) is 5.82 Å². The van der Waals surface area contributed by atoms with Crippen molar-refractivity contribution < 1.29 is 9.50 Å². The van der Waals surface area contributed by atoms with Gasteiger partial charge >= 0.3 is 0 Å². The van der Waals surface area contributed by atoms with Gasteiger partial charge in [-0.25, -0.2) is 4.39 Å². The minimum Gasteiger partial charge on any atom is -0.399 e. The zero-order valence-corrected chi connectivity index (χ0v) is 12.1. The number of benzene rings is 2. The van der Waals surface area contributed by atoms with E-state index in [0.29, 0.717) is 24.1 Å². The summed E-state index contributed by atoms with van der Waals surface area (Å²) in [7, 11) is 0. The van der Waals surface area contributed by atoms with Gasteiger partial charge in [0.1, 0.15) is 5.82 Å². The van der Waals surface area contributed by atoms with E-state index in [9.17, 15) is 9.50 Å². The number of aliphatic hydroxyl groups excluding tert-OH is 1. The molecule has 1 unspecified atom stereocenters. The second kappa shape index (κ2) is 6.70. The molecule has 1 atom stereocenters. The van der Waals surface area contributed by atoms with Gasteiger partial charge in [-0.3, -0.25) is 0 Å². The van der Waals surface area contributed by atoms with E-state index in [1.165, 1.54) is 6.07 Å². The first kappa shape index (κ1) is 15.5. The van der Waals surface area contributed by atoms with Gasteiger partial charge in [0, 0.05) is 18.3 Å². The highest BCUT2D eigenvalue weighted by molar-refractivity contribution is 5.71. The zero-order chi connectivity index (χ0) is 15.4. The Morgan fingerprint density at radius 1 is 1.14 bits per heavy atom. The third-order valence-electron chi connectivity index (χ3n) is 3.41. The van der Waals surface area contributed by atoms with E-state index in [4.69, 9.17) is 11.5 Å². The minimum absolute atomic E-state index is 0.0603. The van der Waals surface area contributed by atoms with Crippen molar-refractivity contribution in [2.24, 2.45) is 5.73 Å². The van der Waals surface area contributed by atoms with Gasteiger partial charge in [-0.15, -0.1) is 0 Å². The fourth-order valence-corrected chi connectivity index (χ4v) is 2.45. The maximum Gasteiger partial charge on any atom is 0.126 e. The molecule has 0 aliphatic rings. The molecule has 3 nitrogen and oxygen atoms in total. The summed E-state index contributed by atoms with van der Waals surface area (Å²) in [6.07, 6.45) is 1.02. The molecule has 0 fully saturated rings. The highest BCUT2D eigenvalue weighted by Gasteiger charge is 2.10. The first-order valence-electron chi connectivity index (χ1n) is 7.05. The summed E-state index contributed by atoms with van der Waals surface area (Å²) in [6.45, 7) is 1.91. The third kappa shape index (κ3) is 3.80. The molecular weight excluding hydrogens is 267 g/mol. The van der Waals surface area contributed by atoms with E-state index >= 15 is 0 Å². The second-order valence-electron chi connectivity index (χ2n) is 5.38. The van der Waals surface area contributed by atoms with Crippen LogP contribution in [-0.2, 0) is 12.8 Å². The normalized spacial score (nSPS) is 12.4. The summed E-state index contributed by atoms with van der Waals surface area (Å²) in [6, 6.07) is 10.5. The largest absolute Gasteiger partial charge is 0.399 e. The molecule has 0 bridgehead atoms. The summed E-state index contributed by atoms with van der Waals surface area (Å²) < 4.78 is 13.9. The van der Waals surface area contributed by atoms with Gasteiger partial charge in [-0.2, -0.15) is 0 Å². The number of aliphatic hydroxyl groups is 1. The summed E-state index contributed by atoms with van der Waals surface area (Å²) in [5.74, 6) is -0.247. The number of nitrogens with two attached hydrogens (primary N) is 2. The van der Waals surface area contributed by atoms with Crippen LogP contribution in [0.1, 0.15) is 18.1 Å². The fraction of sp³-hybridized carbons (Fsp3) is 0.294. The average molecular weight is 288 g/mol. The van der Waals surface area contributed by atoms with Crippen molar-refractivity contribution in [1.29, 1.82) is 0 Å². The molecule has 21 heavy (non-hydrogen) atoms. The lowest BCUT2D eigenvalue weighted by molar-refractivity contribution is 0.300. The first-order chi connectivity index (χ1) is 10.0. The number of nitrogen functional groups attached to an aromatic ring is 1. The average Bonchev–Trinajstić information content (AvgIpc) is 2.43. The Kier molecular flexibility index (Phi) is 4.94. The monoisotopic (exact) mass is 288 g/mol. The molecule has 0 amide bonds. The van der Waals surface area contributed by atoms with Crippen molar-refractivity contribution in [3.8, 4) is 11.1 Å². The van der Waals surface area contributed by atoms with E-state index in [-0.39, 0.29) is 18.5 Å². The summed E-state index contributed by atoms with van der Waals surface area (Å²) in [5.41, 5.74) is 15.7. The van der Waals surface area contributed by atoms with Crippen molar-refractivity contribution in [3.63, 3.8) is 0 Å². The number of halogens is 1. The Hall–Kier alpha value is -1.91. The first-order valence-corrected chi connectivity index (χ1v) is 7.05. The topological polar surface area (TPSA) is 72.3 Å². The lowest BCUT2D eigenvalue weighted by Gasteiger charge is -2.13. The molecule has 0 aliphatic heterocycles. The molecule has 0 heterocycles. The van der Waals surface area contributed by atoms with Gasteiger partial charge in [-0.1, -0.05) is 12.1 Å². The van der Waals surface area contributed by atoms with Crippen molar-refractivity contribution in [2.45, 2.75) is 25.8 Å².